The molecule has 120 valence electrons. The molecule has 0 aliphatic carbocycles. The van der Waals surface area contributed by atoms with E-state index >= 15 is 0 Å². The van der Waals surface area contributed by atoms with Crippen molar-refractivity contribution >= 4 is 15.5 Å². The number of rotatable bonds is 9. The van der Waals surface area contributed by atoms with Crippen LogP contribution >= 0.6 is 0 Å². The lowest BCUT2D eigenvalue weighted by atomic mass is 9.82. The van der Waals surface area contributed by atoms with Crippen molar-refractivity contribution in [3.8, 4) is 0 Å². The summed E-state index contributed by atoms with van der Waals surface area (Å²) in [5.74, 6) is 0.176. The van der Waals surface area contributed by atoms with Crippen molar-refractivity contribution in [2.24, 2.45) is 11.1 Å². The normalized spacial score (nSPS) is 12.4. The maximum atomic E-state index is 12.3. The van der Waals surface area contributed by atoms with E-state index in [1.807, 2.05) is 19.1 Å². The molecule has 0 fully saturated rings. The van der Waals surface area contributed by atoms with Crippen molar-refractivity contribution in [1.29, 1.82) is 0 Å². The van der Waals surface area contributed by atoms with Gasteiger partial charge in [-0.2, -0.15) is 0 Å². The van der Waals surface area contributed by atoms with Crippen LogP contribution in [0.1, 0.15) is 40.0 Å². The minimum atomic E-state index is -3.22. The molecule has 0 radical (unpaired) electrons. The van der Waals surface area contributed by atoms with Crippen molar-refractivity contribution in [3.05, 3.63) is 24.3 Å². The third kappa shape index (κ3) is 4.45. The fourth-order valence-corrected chi connectivity index (χ4v) is 3.92. The molecular formula is C16H28N2O2S. The Morgan fingerprint density at radius 1 is 1.14 bits per heavy atom. The Morgan fingerprint density at radius 3 is 2.29 bits per heavy atom. The van der Waals surface area contributed by atoms with E-state index in [9.17, 15) is 8.42 Å². The summed E-state index contributed by atoms with van der Waals surface area (Å²) in [6.07, 6.45) is 2.56. The van der Waals surface area contributed by atoms with E-state index in [1.165, 1.54) is 0 Å². The third-order valence-electron chi connectivity index (χ3n) is 4.28. The highest BCUT2D eigenvalue weighted by atomic mass is 32.2. The van der Waals surface area contributed by atoms with E-state index in [0.717, 1.165) is 12.8 Å². The lowest BCUT2D eigenvalue weighted by molar-refractivity contribution is 0.294. The van der Waals surface area contributed by atoms with Crippen LogP contribution in [0.3, 0.4) is 0 Å². The number of benzene rings is 1. The van der Waals surface area contributed by atoms with Crippen LogP contribution < -0.4 is 11.1 Å². The summed E-state index contributed by atoms with van der Waals surface area (Å²) in [6.45, 7) is 7.41. The summed E-state index contributed by atoms with van der Waals surface area (Å²) in [5, 5.41) is 3.31. The van der Waals surface area contributed by atoms with Crippen molar-refractivity contribution in [1.82, 2.24) is 0 Å². The molecule has 0 saturated heterocycles. The average Bonchev–Trinajstić information content (AvgIpc) is 2.49. The van der Waals surface area contributed by atoms with Gasteiger partial charge in [-0.05, 0) is 43.4 Å². The maximum absolute atomic E-state index is 12.3. The first-order chi connectivity index (χ1) is 9.94. The Morgan fingerprint density at radius 2 is 1.76 bits per heavy atom. The predicted molar refractivity (Wildman–Crippen MR) is 89.3 cm³/mol. The zero-order chi connectivity index (χ0) is 15.9. The Labute approximate surface area is 129 Å². The molecule has 0 atom stereocenters. The second-order valence-electron chi connectivity index (χ2n) is 5.58. The van der Waals surface area contributed by atoms with Gasteiger partial charge in [-0.1, -0.05) is 32.9 Å². The highest BCUT2D eigenvalue weighted by Crippen LogP contribution is 2.28. The number of para-hydroxylation sites is 1. The first-order valence-electron chi connectivity index (χ1n) is 7.70. The van der Waals surface area contributed by atoms with E-state index in [2.05, 4.69) is 19.2 Å². The van der Waals surface area contributed by atoms with E-state index in [0.29, 0.717) is 30.1 Å². The zero-order valence-corrected chi connectivity index (χ0v) is 14.2. The van der Waals surface area contributed by atoms with Crippen LogP contribution in [0.5, 0.6) is 0 Å². The summed E-state index contributed by atoms with van der Waals surface area (Å²) < 4.78 is 24.6. The Hall–Kier alpha value is -1.07. The van der Waals surface area contributed by atoms with Gasteiger partial charge in [-0.15, -0.1) is 0 Å². The topological polar surface area (TPSA) is 72.2 Å². The molecule has 5 heteroatoms. The van der Waals surface area contributed by atoms with Gasteiger partial charge in [-0.25, -0.2) is 8.42 Å². The van der Waals surface area contributed by atoms with Gasteiger partial charge in [0.05, 0.1) is 16.3 Å². The minimum absolute atomic E-state index is 0.0155. The lowest BCUT2D eigenvalue weighted by Crippen LogP contribution is -2.36. The number of nitrogens with two attached hydrogens (primary N) is 1. The van der Waals surface area contributed by atoms with Crippen LogP contribution in [-0.4, -0.2) is 27.3 Å². The highest BCUT2D eigenvalue weighted by Gasteiger charge is 2.25. The first-order valence-corrected chi connectivity index (χ1v) is 9.35. The first kappa shape index (κ1) is 18.0. The van der Waals surface area contributed by atoms with E-state index in [4.69, 9.17) is 5.73 Å². The van der Waals surface area contributed by atoms with Gasteiger partial charge in [0.25, 0.3) is 0 Å². The molecule has 0 heterocycles. The second-order valence-corrected chi connectivity index (χ2v) is 7.66. The van der Waals surface area contributed by atoms with Crippen LogP contribution in [0.2, 0.25) is 0 Å². The van der Waals surface area contributed by atoms with Crippen LogP contribution in [0.4, 0.5) is 5.69 Å². The van der Waals surface area contributed by atoms with Gasteiger partial charge in [-0.3, -0.25) is 0 Å². The van der Waals surface area contributed by atoms with Gasteiger partial charge < -0.3 is 11.1 Å². The molecule has 0 aliphatic rings. The maximum Gasteiger partial charge on any atom is 0.180 e. The Balaban J connectivity index is 3.00. The standard InChI is InChI=1S/C16H28N2O2S/c1-4-11-21(19,20)15-10-8-7-9-14(15)18-13-16(5-2,6-3)12-17/h7-10,18H,4-6,11-13,17H2,1-3H3. The van der Waals surface area contributed by atoms with E-state index in [-0.39, 0.29) is 11.2 Å². The van der Waals surface area contributed by atoms with Crippen molar-refractivity contribution < 1.29 is 8.42 Å². The molecule has 0 unspecified atom stereocenters. The molecule has 0 saturated carbocycles. The number of nitrogens with one attached hydrogen (secondary N) is 1. The van der Waals surface area contributed by atoms with Gasteiger partial charge in [0, 0.05) is 6.54 Å². The van der Waals surface area contributed by atoms with E-state index < -0.39 is 9.84 Å². The van der Waals surface area contributed by atoms with Gasteiger partial charge in [0.2, 0.25) is 0 Å². The Bertz CT molecular complexity index is 529. The van der Waals surface area contributed by atoms with Crippen LogP contribution in [-0.2, 0) is 9.84 Å². The average molecular weight is 312 g/mol. The fourth-order valence-electron chi connectivity index (χ4n) is 2.41. The van der Waals surface area contributed by atoms with Crippen LogP contribution in [0, 0.1) is 5.41 Å². The SMILES string of the molecule is CCCS(=O)(=O)c1ccccc1NCC(CC)(CC)CN. The molecule has 0 amide bonds. The molecule has 21 heavy (non-hydrogen) atoms. The molecule has 0 bridgehead atoms. The fraction of sp³-hybridized carbons (Fsp3) is 0.625. The van der Waals surface area contributed by atoms with Gasteiger partial charge >= 0.3 is 0 Å². The molecule has 0 aliphatic heterocycles. The zero-order valence-electron chi connectivity index (χ0n) is 13.4. The largest absolute Gasteiger partial charge is 0.383 e. The quantitative estimate of drug-likeness (QED) is 0.735. The van der Waals surface area contributed by atoms with Gasteiger partial charge in [0.1, 0.15) is 0 Å². The van der Waals surface area contributed by atoms with Crippen LogP contribution in [0.25, 0.3) is 0 Å². The van der Waals surface area contributed by atoms with Gasteiger partial charge in [0.15, 0.2) is 9.84 Å². The number of hydrogen-bond donors (Lipinski definition) is 2. The smallest absolute Gasteiger partial charge is 0.180 e. The van der Waals surface area contributed by atoms with Crippen molar-refractivity contribution in [2.75, 3.05) is 24.2 Å². The lowest BCUT2D eigenvalue weighted by Gasteiger charge is -2.31. The molecular weight excluding hydrogens is 284 g/mol. The Kier molecular flexibility index (Phi) is 6.68. The summed E-state index contributed by atoms with van der Waals surface area (Å²) in [6, 6.07) is 7.13. The predicted octanol–water partition coefficient (Wildman–Crippen LogP) is 3.05. The highest BCUT2D eigenvalue weighted by molar-refractivity contribution is 7.91. The summed E-state index contributed by atoms with van der Waals surface area (Å²) in [7, 11) is -3.22. The second kappa shape index (κ2) is 7.80. The molecule has 3 N–H and O–H groups in total. The number of sulfone groups is 1. The molecule has 0 spiro atoms. The third-order valence-corrected chi connectivity index (χ3v) is 6.25. The van der Waals surface area contributed by atoms with E-state index in [1.54, 1.807) is 12.1 Å². The monoisotopic (exact) mass is 312 g/mol. The molecule has 1 rings (SSSR count). The molecule has 0 aromatic heterocycles. The van der Waals surface area contributed by atoms with Crippen molar-refractivity contribution in [2.45, 2.75) is 44.9 Å². The summed E-state index contributed by atoms with van der Waals surface area (Å²) in [4.78, 5) is 0.393. The van der Waals surface area contributed by atoms with Crippen LogP contribution in [0.15, 0.2) is 29.2 Å². The minimum Gasteiger partial charge on any atom is -0.383 e. The number of anilines is 1. The molecule has 4 nitrogen and oxygen atoms in total. The van der Waals surface area contributed by atoms with Crippen molar-refractivity contribution in [3.63, 3.8) is 0 Å². The molecule has 1 aromatic rings. The number of hydrogen-bond acceptors (Lipinski definition) is 4. The summed E-state index contributed by atoms with van der Waals surface area (Å²) >= 11 is 0. The molecule has 1 aromatic carbocycles. The summed E-state index contributed by atoms with van der Waals surface area (Å²) in [5.41, 5.74) is 6.61.